The molecule has 3 heterocycles. The first-order chi connectivity index (χ1) is 15.5. The molecule has 0 bridgehead atoms. The predicted molar refractivity (Wildman–Crippen MR) is 115 cm³/mol. The number of hydrogen-bond acceptors (Lipinski definition) is 7. The van der Waals surface area contributed by atoms with Crippen molar-refractivity contribution < 1.29 is 33.3 Å². The van der Waals surface area contributed by atoms with Crippen LogP contribution in [0.4, 0.5) is 5.69 Å². The average molecular weight is 447 g/mol. The number of nitrogens with one attached hydrogen (secondary N) is 1. The third-order valence-corrected chi connectivity index (χ3v) is 6.49. The SMILES string of the molecule is COC(=O)C[C@@H]1CC[C@@H]2[C@@H](COc3ccc(NC(=O)C4CCOCC4)cc3C(=O)N2C)O1. The Labute approximate surface area is 187 Å². The van der Waals surface area contributed by atoms with Crippen LogP contribution in [0.15, 0.2) is 18.2 Å². The van der Waals surface area contributed by atoms with E-state index in [1.54, 1.807) is 30.1 Å². The summed E-state index contributed by atoms with van der Waals surface area (Å²) in [5.41, 5.74) is 0.980. The van der Waals surface area contributed by atoms with Crippen molar-refractivity contribution in [2.24, 2.45) is 5.92 Å². The maximum absolute atomic E-state index is 13.3. The van der Waals surface area contributed by atoms with Crippen molar-refractivity contribution in [2.75, 3.05) is 39.3 Å². The van der Waals surface area contributed by atoms with E-state index in [1.165, 1.54) is 7.11 Å². The lowest BCUT2D eigenvalue weighted by Gasteiger charge is -2.42. The number of carbonyl (C=O) groups is 3. The highest BCUT2D eigenvalue weighted by molar-refractivity contribution is 6.00. The number of methoxy groups -OCH3 is 1. The Morgan fingerprint density at radius 1 is 1.19 bits per heavy atom. The van der Waals surface area contributed by atoms with E-state index in [0.717, 1.165) is 0 Å². The summed E-state index contributed by atoms with van der Waals surface area (Å²) in [5.74, 6) is -0.197. The molecule has 0 aromatic heterocycles. The van der Waals surface area contributed by atoms with E-state index in [2.05, 4.69) is 5.32 Å². The number of amides is 2. The summed E-state index contributed by atoms with van der Waals surface area (Å²) in [4.78, 5) is 39.2. The number of anilines is 1. The molecule has 9 heteroatoms. The molecule has 174 valence electrons. The van der Waals surface area contributed by atoms with Crippen molar-refractivity contribution in [2.45, 2.75) is 50.4 Å². The lowest BCUT2D eigenvalue weighted by atomic mass is 9.94. The van der Waals surface area contributed by atoms with Gasteiger partial charge in [-0.2, -0.15) is 0 Å². The highest BCUT2D eigenvalue weighted by Gasteiger charge is 2.39. The smallest absolute Gasteiger partial charge is 0.308 e. The average Bonchev–Trinajstić information content (AvgIpc) is 2.82. The van der Waals surface area contributed by atoms with Gasteiger partial charge in [-0.15, -0.1) is 0 Å². The molecule has 2 fully saturated rings. The second kappa shape index (κ2) is 9.87. The zero-order valence-electron chi connectivity index (χ0n) is 18.5. The van der Waals surface area contributed by atoms with Crippen molar-refractivity contribution >= 4 is 23.5 Å². The van der Waals surface area contributed by atoms with Crippen LogP contribution in [-0.4, -0.2) is 74.9 Å². The van der Waals surface area contributed by atoms with E-state index in [4.69, 9.17) is 18.9 Å². The maximum Gasteiger partial charge on any atom is 0.308 e. The maximum atomic E-state index is 13.3. The second-order valence-corrected chi connectivity index (χ2v) is 8.54. The van der Waals surface area contributed by atoms with Crippen molar-refractivity contribution in [3.63, 3.8) is 0 Å². The predicted octanol–water partition coefficient (Wildman–Crippen LogP) is 2.00. The molecule has 1 N–H and O–H groups in total. The molecule has 0 unspecified atom stereocenters. The summed E-state index contributed by atoms with van der Waals surface area (Å²) in [6, 6.07) is 4.96. The first kappa shape index (κ1) is 22.5. The molecule has 3 atom stereocenters. The van der Waals surface area contributed by atoms with Crippen LogP contribution in [0, 0.1) is 5.92 Å². The van der Waals surface area contributed by atoms with Gasteiger partial charge in [0, 0.05) is 31.9 Å². The second-order valence-electron chi connectivity index (χ2n) is 8.54. The highest BCUT2D eigenvalue weighted by atomic mass is 16.6. The van der Waals surface area contributed by atoms with Crippen LogP contribution < -0.4 is 10.1 Å². The van der Waals surface area contributed by atoms with Crippen LogP contribution >= 0.6 is 0 Å². The fourth-order valence-corrected chi connectivity index (χ4v) is 4.58. The minimum Gasteiger partial charge on any atom is -0.490 e. The number of benzene rings is 1. The van der Waals surface area contributed by atoms with E-state index in [-0.39, 0.29) is 55.0 Å². The Bertz CT molecular complexity index is 868. The molecule has 32 heavy (non-hydrogen) atoms. The summed E-state index contributed by atoms with van der Waals surface area (Å²) in [6.45, 7) is 1.44. The van der Waals surface area contributed by atoms with Gasteiger partial charge in [0.15, 0.2) is 0 Å². The lowest BCUT2D eigenvalue weighted by Crippen LogP contribution is -2.53. The molecule has 0 saturated carbocycles. The van der Waals surface area contributed by atoms with Crippen LogP contribution in [0.3, 0.4) is 0 Å². The first-order valence-corrected chi connectivity index (χ1v) is 11.1. The summed E-state index contributed by atoms with van der Waals surface area (Å²) in [6.07, 6.45) is 2.34. The highest BCUT2D eigenvalue weighted by Crippen LogP contribution is 2.32. The third kappa shape index (κ3) is 4.88. The van der Waals surface area contributed by atoms with E-state index in [0.29, 0.717) is 55.9 Å². The number of carbonyl (C=O) groups excluding carboxylic acids is 3. The Hall–Kier alpha value is -2.65. The third-order valence-electron chi connectivity index (χ3n) is 6.49. The van der Waals surface area contributed by atoms with Crippen molar-refractivity contribution in [3.8, 4) is 5.75 Å². The minimum absolute atomic E-state index is 0.0572. The van der Waals surface area contributed by atoms with Crippen molar-refractivity contribution in [1.29, 1.82) is 0 Å². The molecule has 9 nitrogen and oxygen atoms in total. The number of rotatable bonds is 4. The Balaban J connectivity index is 1.48. The summed E-state index contributed by atoms with van der Waals surface area (Å²) in [5, 5.41) is 2.93. The Morgan fingerprint density at radius 3 is 2.72 bits per heavy atom. The molecular weight excluding hydrogens is 416 g/mol. The number of ether oxygens (including phenoxy) is 4. The molecule has 1 aromatic rings. The zero-order valence-corrected chi connectivity index (χ0v) is 18.5. The molecule has 3 aliphatic rings. The van der Waals surface area contributed by atoms with Crippen LogP contribution in [0.25, 0.3) is 0 Å². The van der Waals surface area contributed by atoms with E-state index >= 15 is 0 Å². The molecular formula is C23H30N2O7. The van der Waals surface area contributed by atoms with Gasteiger partial charge in [-0.25, -0.2) is 0 Å². The van der Waals surface area contributed by atoms with Gasteiger partial charge in [-0.1, -0.05) is 0 Å². The lowest BCUT2D eigenvalue weighted by molar-refractivity contribution is -0.151. The number of nitrogens with zero attached hydrogens (tertiary/aromatic N) is 1. The quantitative estimate of drug-likeness (QED) is 0.706. The van der Waals surface area contributed by atoms with E-state index < -0.39 is 0 Å². The number of fused-ring (bicyclic) bond motifs is 2. The normalized spacial score (nSPS) is 26.1. The molecule has 1 aromatic carbocycles. The Morgan fingerprint density at radius 2 is 1.97 bits per heavy atom. The van der Waals surface area contributed by atoms with Gasteiger partial charge < -0.3 is 29.2 Å². The van der Waals surface area contributed by atoms with Gasteiger partial charge in [0.25, 0.3) is 5.91 Å². The van der Waals surface area contributed by atoms with Gasteiger partial charge in [-0.3, -0.25) is 14.4 Å². The minimum atomic E-state index is -0.339. The Kier molecular flexibility index (Phi) is 6.95. The van der Waals surface area contributed by atoms with Gasteiger partial charge >= 0.3 is 5.97 Å². The molecule has 3 aliphatic heterocycles. The number of hydrogen-bond donors (Lipinski definition) is 1. The van der Waals surface area contributed by atoms with Crippen LogP contribution in [0.1, 0.15) is 42.5 Å². The number of likely N-dealkylation sites (N-methyl/N-ethyl adjacent to an activating group) is 1. The van der Waals surface area contributed by atoms with Crippen LogP contribution in [0.2, 0.25) is 0 Å². The van der Waals surface area contributed by atoms with Crippen LogP contribution in [-0.2, 0) is 23.8 Å². The van der Waals surface area contributed by atoms with Gasteiger partial charge in [0.2, 0.25) is 5.91 Å². The monoisotopic (exact) mass is 446 g/mol. The summed E-state index contributed by atoms with van der Waals surface area (Å²) in [7, 11) is 3.11. The fourth-order valence-electron chi connectivity index (χ4n) is 4.58. The number of esters is 1. The molecule has 2 amide bonds. The molecule has 2 saturated heterocycles. The summed E-state index contributed by atoms with van der Waals surface area (Å²) < 4.78 is 22.1. The van der Waals surface area contributed by atoms with Gasteiger partial charge in [0.1, 0.15) is 18.5 Å². The fraction of sp³-hybridized carbons (Fsp3) is 0.609. The van der Waals surface area contributed by atoms with Gasteiger partial charge in [-0.05, 0) is 43.9 Å². The topological polar surface area (TPSA) is 103 Å². The van der Waals surface area contributed by atoms with E-state index in [1.807, 2.05) is 0 Å². The zero-order chi connectivity index (χ0) is 22.7. The van der Waals surface area contributed by atoms with Crippen LogP contribution in [0.5, 0.6) is 5.75 Å². The van der Waals surface area contributed by atoms with Crippen molar-refractivity contribution in [3.05, 3.63) is 23.8 Å². The molecule has 4 rings (SSSR count). The molecule has 0 radical (unpaired) electrons. The molecule has 0 aliphatic carbocycles. The van der Waals surface area contributed by atoms with Gasteiger partial charge in [0.05, 0.1) is 31.2 Å². The van der Waals surface area contributed by atoms with E-state index in [9.17, 15) is 14.4 Å². The first-order valence-electron chi connectivity index (χ1n) is 11.1. The van der Waals surface area contributed by atoms with Crippen molar-refractivity contribution in [1.82, 2.24) is 4.90 Å². The molecule has 0 spiro atoms. The summed E-state index contributed by atoms with van der Waals surface area (Å²) >= 11 is 0. The largest absolute Gasteiger partial charge is 0.490 e. The standard InChI is InChI=1S/C23H30N2O7/c1-25-18-5-4-16(12-21(26)29-2)32-20(18)13-31-19-6-3-15(11-17(19)23(25)28)24-22(27)14-7-9-30-10-8-14/h3,6,11,14,16,18,20H,4-5,7-10,12-13H2,1-2H3,(H,24,27)/t16-,18+,20+/m0/s1.